The first-order valence-corrected chi connectivity index (χ1v) is 7.26. The van der Waals surface area contributed by atoms with Crippen molar-refractivity contribution in [2.24, 2.45) is 0 Å². The Hall–Kier alpha value is -1.29. The zero-order valence-electron chi connectivity index (χ0n) is 12.0. The molecule has 0 amide bonds. The standard InChI is InChI=1S/C14H20ClN3O/c1-5-9-11-12(10(6-2)18(9)7-3)14(19-8-4)17-16-13(11)15/h5-8H2,1-4H3. The van der Waals surface area contributed by atoms with E-state index in [0.717, 1.165) is 30.2 Å². The van der Waals surface area contributed by atoms with Crippen LogP contribution in [0.15, 0.2) is 0 Å². The summed E-state index contributed by atoms with van der Waals surface area (Å²) in [4.78, 5) is 0. The van der Waals surface area contributed by atoms with Crippen molar-refractivity contribution in [1.82, 2.24) is 14.8 Å². The highest BCUT2D eigenvalue weighted by atomic mass is 35.5. The number of rotatable bonds is 5. The Morgan fingerprint density at radius 2 is 1.63 bits per heavy atom. The predicted molar refractivity (Wildman–Crippen MR) is 78.1 cm³/mol. The molecule has 0 radical (unpaired) electrons. The van der Waals surface area contributed by atoms with Gasteiger partial charge in [-0.2, -0.15) is 0 Å². The minimum absolute atomic E-state index is 0.470. The molecule has 2 aromatic rings. The second-order valence-corrected chi connectivity index (χ2v) is 4.68. The summed E-state index contributed by atoms with van der Waals surface area (Å²) in [5.41, 5.74) is 2.45. The summed E-state index contributed by atoms with van der Waals surface area (Å²) >= 11 is 6.27. The number of ether oxygens (including phenoxy) is 1. The van der Waals surface area contributed by atoms with Crippen molar-refractivity contribution in [2.45, 2.75) is 47.1 Å². The lowest BCUT2D eigenvalue weighted by Crippen LogP contribution is -2.03. The number of aryl methyl sites for hydroxylation is 2. The maximum atomic E-state index is 6.27. The molecular formula is C14H20ClN3O. The van der Waals surface area contributed by atoms with Gasteiger partial charge in [0.1, 0.15) is 0 Å². The van der Waals surface area contributed by atoms with Gasteiger partial charge in [-0.25, -0.2) is 0 Å². The average molecular weight is 282 g/mol. The van der Waals surface area contributed by atoms with E-state index >= 15 is 0 Å². The van der Waals surface area contributed by atoms with E-state index in [0.29, 0.717) is 17.6 Å². The van der Waals surface area contributed by atoms with Crippen molar-refractivity contribution in [1.29, 1.82) is 0 Å². The molecule has 0 aliphatic carbocycles. The Kier molecular flexibility index (Phi) is 4.30. The number of nitrogens with zero attached hydrogens (tertiary/aromatic N) is 3. The van der Waals surface area contributed by atoms with Crippen LogP contribution in [0, 0.1) is 0 Å². The van der Waals surface area contributed by atoms with Crippen molar-refractivity contribution in [3.63, 3.8) is 0 Å². The van der Waals surface area contributed by atoms with E-state index in [1.807, 2.05) is 6.92 Å². The van der Waals surface area contributed by atoms with Crippen LogP contribution in [0.3, 0.4) is 0 Å². The molecule has 0 N–H and O–H groups in total. The van der Waals surface area contributed by atoms with Gasteiger partial charge >= 0.3 is 0 Å². The Morgan fingerprint density at radius 1 is 1.00 bits per heavy atom. The summed E-state index contributed by atoms with van der Waals surface area (Å²) in [6.07, 6.45) is 1.84. The van der Waals surface area contributed by atoms with Crippen molar-refractivity contribution >= 4 is 22.4 Å². The number of hydrogen-bond donors (Lipinski definition) is 0. The van der Waals surface area contributed by atoms with Gasteiger partial charge in [0.2, 0.25) is 5.88 Å². The number of fused-ring (bicyclic) bond motifs is 1. The molecule has 0 spiro atoms. The van der Waals surface area contributed by atoms with Crippen molar-refractivity contribution in [3.8, 4) is 5.88 Å². The molecule has 0 fully saturated rings. The van der Waals surface area contributed by atoms with E-state index in [1.54, 1.807) is 0 Å². The molecule has 0 saturated carbocycles. The van der Waals surface area contributed by atoms with Crippen LogP contribution < -0.4 is 4.74 Å². The number of halogens is 1. The predicted octanol–water partition coefficient (Wildman–Crippen LogP) is 3.63. The topological polar surface area (TPSA) is 39.9 Å². The largest absolute Gasteiger partial charge is 0.476 e. The molecule has 2 aromatic heterocycles. The maximum Gasteiger partial charge on any atom is 0.243 e. The van der Waals surface area contributed by atoms with Gasteiger partial charge in [0.25, 0.3) is 0 Å². The summed E-state index contributed by atoms with van der Waals surface area (Å²) in [7, 11) is 0. The minimum Gasteiger partial charge on any atom is -0.476 e. The van der Waals surface area contributed by atoms with E-state index in [4.69, 9.17) is 16.3 Å². The first-order chi connectivity index (χ1) is 9.19. The second-order valence-electron chi connectivity index (χ2n) is 4.32. The molecular weight excluding hydrogens is 262 g/mol. The van der Waals surface area contributed by atoms with Crippen LogP contribution in [0.4, 0.5) is 0 Å². The van der Waals surface area contributed by atoms with Crippen LogP contribution >= 0.6 is 11.6 Å². The molecule has 2 heterocycles. The first kappa shape index (κ1) is 14.1. The fourth-order valence-electron chi connectivity index (χ4n) is 2.72. The van der Waals surface area contributed by atoms with Crippen molar-refractivity contribution < 1.29 is 4.74 Å². The Bertz CT molecular complexity index is 592. The third kappa shape index (κ3) is 2.18. The number of aromatic nitrogens is 3. The fraction of sp³-hybridized carbons (Fsp3) is 0.571. The van der Waals surface area contributed by atoms with E-state index in [1.165, 1.54) is 11.4 Å². The first-order valence-electron chi connectivity index (χ1n) is 6.88. The van der Waals surface area contributed by atoms with Crippen LogP contribution in [0.25, 0.3) is 10.8 Å². The van der Waals surface area contributed by atoms with Gasteiger partial charge in [-0.3, -0.25) is 0 Å². The number of hydrogen-bond acceptors (Lipinski definition) is 3. The van der Waals surface area contributed by atoms with E-state index in [9.17, 15) is 0 Å². The lowest BCUT2D eigenvalue weighted by molar-refractivity contribution is 0.327. The maximum absolute atomic E-state index is 6.27. The molecule has 0 saturated heterocycles. The highest BCUT2D eigenvalue weighted by Gasteiger charge is 2.21. The third-order valence-corrected chi connectivity index (χ3v) is 3.66. The molecule has 0 bridgehead atoms. The second kappa shape index (κ2) is 5.78. The van der Waals surface area contributed by atoms with E-state index in [-0.39, 0.29) is 0 Å². The van der Waals surface area contributed by atoms with Crippen LogP contribution in [0.2, 0.25) is 5.15 Å². The third-order valence-electron chi connectivity index (χ3n) is 3.39. The van der Waals surface area contributed by atoms with Gasteiger partial charge in [-0.05, 0) is 26.7 Å². The lowest BCUT2D eigenvalue weighted by Gasteiger charge is -2.08. The smallest absolute Gasteiger partial charge is 0.243 e. The molecule has 4 nitrogen and oxygen atoms in total. The monoisotopic (exact) mass is 281 g/mol. The van der Waals surface area contributed by atoms with Gasteiger partial charge < -0.3 is 9.30 Å². The molecule has 0 aromatic carbocycles. The molecule has 0 atom stereocenters. The molecule has 104 valence electrons. The van der Waals surface area contributed by atoms with Crippen LogP contribution in [-0.4, -0.2) is 21.4 Å². The van der Waals surface area contributed by atoms with Gasteiger partial charge in [0.05, 0.1) is 12.0 Å². The normalized spacial score (nSPS) is 11.2. The minimum atomic E-state index is 0.470. The van der Waals surface area contributed by atoms with E-state index in [2.05, 4.69) is 35.5 Å². The molecule has 5 heteroatoms. The molecule has 0 unspecified atom stereocenters. The Morgan fingerprint density at radius 3 is 2.16 bits per heavy atom. The van der Waals surface area contributed by atoms with E-state index < -0.39 is 0 Å². The van der Waals surface area contributed by atoms with Gasteiger partial charge in [-0.1, -0.05) is 25.4 Å². The van der Waals surface area contributed by atoms with Crippen LogP contribution in [0.5, 0.6) is 5.88 Å². The SMILES string of the molecule is CCOc1nnc(Cl)c2c(CC)n(CC)c(CC)c12. The quantitative estimate of drug-likeness (QED) is 0.840. The zero-order valence-corrected chi connectivity index (χ0v) is 12.7. The van der Waals surface area contributed by atoms with Gasteiger partial charge in [-0.15, -0.1) is 10.2 Å². The van der Waals surface area contributed by atoms with Gasteiger partial charge in [0.15, 0.2) is 5.15 Å². The van der Waals surface area contributed by atoms with Crippen LogP contribution in [-0.2, 0) is 19.4 Å². The highest BCUT2D eigenvalue weighted by molar-refractivity contribution is 6.34. The zero-order chi connectivity index (χ0) is 14.0. The lowest BCUT2D eigenvalue weighted by atomic mass is 10.2. The molecule has 0 aliphatic heterocycles. The highest BCUT2D eigenvalue weighted by Crippen LogP contribution is 2.36. The summed E-state index contributed by atoms with van der Waals surface area (Å²) in [6, 6.07) is 0. The Labute approximate surface area is 118 Å². The van der Waals surface area contributed by atoms with Crippen molar-refractivity contribution in [2.75, 3.05) is 6.61 Å². The Balaban J connectivity index is 2.89. The summed E-state index contributed by atoms with van der Waals surface area (Å²) in [6.45, 7) is 9.87. The summed E-state index contributed by atoms with van der Waals surface area (Å²) in [5.74, 6) is 0.598. The van der Waals surface area contributed by atoms with Crippen LogP contribution in [0.1, 0.15) is 39.1 Å². The fourth-order valence-corrected chi connectivity index (χ4v) is 2.96. The van der Waals surface area contributed by atoms with Crippen molar-refractivity contribution in [3.05, 3.63) is 16.5 Å². The summed E-state index contributed by atoms with van der Waals surface area (Å²) < 4.78 is 7.94. The molecule has 2 rings (SSSR count). The van der Waals surface area contributed by atoms with Gasteiger partial charge in [0, 0.05) is 23.3 Å². The molecule has 0 aliphatic rings. The summed E-state index contributed by atoms with van der Waals surface area (Å²) in [5, 5.41) is 10.6. The average Bonchev–Trinajstić information content (AvgIpc) is 2.76. The molecule has 19 heavy (non-hydrogen) atoms.